The van der Waals surface area contributed by atoms with Gasteiger partial charge in [0, 0.05) is 41.1 Å². The van der Waals surface area contributed by atoms with Crippen molar-refractivity contribution in [3.05, 3.63) is 87.9 Å². The molecular formula is C28H23Cl2F3N4O. The SMILES string of the molecule is CC1=NN(c2ccc(Cl)cc2)C(=O)[C@@]12Cc1cc(C(F)(F)F)ccc1N1CCN(c3cccc(Cl)c3)C[C@H]12. The number of anilines is 3. The average Bonchev–Trinajstić information content (AvgIpc) is 3.13. The number of hydrazone groups is 1. The van der Waals surface area contributed by atoms with E-state index in [-0.39, 0.29) is 18.4 Å². The van der Waals surface area contributed by atoms with Crippen LogP contribution in [-0.2, 0) is 17.4 Å². The lowest BCUT2D eigenvalue weighted by Gasteiger charge is -2.53. The maximum Gasteiger partial charge on any atom is 0.416 e. The number of fused-ring (bicyclic) bond motifs is 4. The Kier molecular flexibility index (Phi) is 5.88. The lowest BCUT2D eigenvalue weighted by atomic mass is 9.67. The first-order chi connectivity index (χ1) is 18.1. The van der Waals surface area contributed by atoms with E-state index in [0.717, 1.165) is 17.4 Å². The number of carbonyl (C=O) groups is 1. The molecule has 0 aromatic heterocycles. The Morgan fingerprint density at radius 3 is 2.42 bits per heavy atom. The number of nitrogens with zero attached hydrogens (tertiary/aromatic N) is 4. The van der Waals surface area contributed by atoms with E-state index in [2.05, 4.69) is 14.9 Å². The highest BCUT2D eigenvalue weighted by Gasteiger charge is 2.60. The van der Waals surface area contributed by atoms with E-state index in [0.29, 0.717) is 46.6 Å². The molecule has 10 heteroatoms. The number of alkyl halides is 3. The van der Waals surface area contributed by atoms with Gasteiger partial charge in [0.2, 0.25) is 0 Å². The Hall–Kier alpha value is -3.23. The molecule has 0 unspecified atom stereocenters. The number of hydrogen-bond donors (Lipinski definition) is 0. The minimum absolute atomic E-state index is 0.120. The molecule has 196 valence electrons. The highest BCUT2D eigenvalue weighted by molar-refractivity contribution is 6.31. The summed E-state index contributed by atoms with van der Waals surface area (Å²) in [6.45, 7) is 3.42. The molecule has 0 saturated carbocycles. The van der Waals surface area contributed by atoms with Gasteiger partial charge in [0.1, 0.15) is 5.41 Å². The Bertz CT molecular complexity index is 1460. The first-order valence-electron chi connectivity index (χ1n) is 12.2. The third-order valence-electron chi connectivity index (χ3n) is 7.85. The van der Waals surface area contributed by atoms with Crippen molar-refractivity contribution in [2.24, 2.45) is 10.5 Å². The average molecular weight is 559 g/mol. The van der Waals surface area contributed by atoms with Crippen molar-refractivity contribution < 1.29 is 18.0 Å². The van der Waals surface area contributed by atoms with Gasteiger partial charge in [-0.15, -0.1) is 0 Å². The molecule has 38 heavy (non-hydrogen) atoms. The molecule has 5 nitrogen and oxygen atoms in total. The molecule has 0 bridgehead atoms. The standard InChI is InChI=1S/C28H23Cl2F3N4O/c1-17-27(26(38)37(34-17)22-8-6-20(29)7-9-22)15-18-13-19(28(31,32)33)5-10-24(18)36-12-11-35(16-25(27)36)23-4-2-3-21(30)14-23/h2-10,13-14,25H,11-12,15-16H2,1H3/t25-,27-/m0/s1. The Balaban J connectivity index is 1.47. The van der Waals surface area contributed by atoms with Crippen molar-refractivity contribution in [3.63, 3.8) is 0 Å². The minimum Gasteiger partial charge on any atom is -0.368 e. The van der Waals surface area contributed by atoms with Crippen molar-refractivity contribution in [1.29, 1.82) is 0 Å². The molecule has 3 aliphatic heterocycles. The number of carbonyl (C=O) groups excluding carboxylic acids is 1. The second kappa shape index (κ2) is 8.92. The fourth-order valence-corrected chi connectivity index (χ4v) is 6.29. The van der Waals surface area contributed by atoms with E-state index in [1.54, 1.807) is 37.3 Å². The second-order valence-electron chi connectivity index (χ2n) is 9.90. The number of piperazine rings is 1. The summed E-state index contributed by atoms with van der Waals surface area (Å²) in [6.07, 6.45) is -4.36. The van der Waals surface area contributed by atoms with Gasteiger partial charge in [-0.25, -0.2) is 0 Å². The maximum absolute atomic E-state index is 14.3. The minimum atomic E-state index is -4.48. The molecule has 3 aromatic carbocycles. The van der Waals surface area contributed by atoms with Gasteiger partial charge in [0.15, 0.2) is 0 Å². The van der Waals surface area contributed by atoms with Crippen molar-refractivity contribution in [3.8, 4) is 0 Å². The van der Waals surface area contributed by atoms with E-state index < -0.39 is 17.2 Å². The fraction of sp³-hybridized carbons (Fsp3) is 0.286. The number of hydrogen-bond acceptors (Lipinski definition) is 4. The van der Waals surface area contributed by atoms with Gasteiger partial charge < -0.3 is 9.80 Å². The third kappa shape index (κ3) is 3.93. The molecule has 3 heterocycles. The van der Waals surface area contributed by atoms with Gasteiger partial charge >= 0.3 is 6.18 Å². The van der Waals surface area contributed by atoms with Crippen LogP contribution in [-0.4, -0.2) is 37.3 Å². The molecule has 0 radical (unpaired) electrons. The zero-order valence-corrected chi connectivity index (χ0v) is 21.9. The van der Waals surface area contributed by atoms with Crippen LogP contribution >= 0.6 is 23.2 Å². The van der Waals surface area contributed by atoms with E-state index in [1.807, 2.05) is 18.2 Å². The van der Waals surface area contributed by atoms with Crippen LogP contribution in [0.1, 0.15) is 18.1 Å². The van der Waals surface area contributed by atoms with Crippen LogP contribution in [0.5, 0.6) is 0 Å². The van der Waals surface area contributed by atoms with Crippen molar-refractivity contribution in [2.75, 3.05) is 34.4 Å². The van der Waals surface area contributed by atoms with Gasteiger partial charge in [-0.1, -0.05) is 29.3 Å². The normalized spacial score (nSPS) is 23.0. The van der Waals surface area contributed by atoms with E-state index >= 15 is 0 Å². The van der Waals surface area contributed by atoms with E-state index in [4.69, 9.17) is 23.2 Å². The fourth-order valence-electron chi connectivity index (χ4n) is 5.98. The summed E-state index contributed by atoms with van der Waals surface area (Å²) in [5, 5.41) is 7.16. The quantitative estimate of drug-likeness (QED) is 0.352. The van der Waals surface area contributed by atoms with Crippen molar-refractivity contribution in [1.82, 2.24) is 0 Å². The van der Waals surface area contributed by atoms with Gasteiger partial charge in [0.05, 0.1) is 23.0 Å². The van der Waals surface area contributed by atoms with Crippen LogP contribution in [0.15, 0.2) is 71.8 Å². The monoisotopic (exact) mass is 558 g/mol. The number of benzene rings is 3. The predicted molar refractivity (Wildman–Crippen MR) is 144 cm³/mol. The summed E-state index contributed by atoms with van der Waals surface area (Å²) in [6, 6.07) is 17.8. The molecule has 1 spiro atoms. The number of rotatable bonds is 2. The Labute approximate surface area is 228 Å². The molecule has 1 amide bonds. The highest BCUT2D eigenvalue weighted by Crippen LogP contribution is 2.49. The molecule has 3 aliphatic rings. The van der Waals surface area contributed by atoms with Crippen LogP contribution in [0, 0.1) is 5.41 Å². The smallest absolute Gasteiger partial charge is 0.368 e. The first kappa shape index (κ1) is 25.1. The van der Waals surface area contributed by atoms with Crippen LogP contribution in [0.25, 0.3) is 0 Å². The second-order valence-corrected chi connectivity index (χ2v) is 10.8. The zero-order chi connectivity index (χ0) is 26.8. The first-order valence-corrected chi connectivity index (χ1v) is 13.0. The Morgan fingerprint density at radius 1 is 0.947 bits per heavy atom. The summed E-state index contributed by atoms with van der Waals surface area (Å²) < 4.78 is 41.0. The molecule has 3 aromatic rings. The molecular weight excluding hydrogens is 536 g/mol. The van der Waals surface area contributed by atoms with Gasteiger partial charge in [-0.05, 0) is 79.6 Å². The largest absolute Gasteiger partial charge is 0.416 e. The van der Waals surface area contributed by atoms with Crippen LogP contribution in [0.2, 0.25) is 10.0 Å². The lowest BCUT2D eigenvalue weighted by Crippen LogP contribution is -2.67. The van der Waals surface area contributed by atoms with Crippen molar-refractivity contribution in [2.45, 2.75) is 25.6 Å². The van der Waals surface area contributed by atoms with Gasteiger partial charge in [0.25, 0.3) is 5.91 Å². The molecule has 1 saturated heterocycles. The topological polar surface area (TPSA) is 39.2 Å². The summed E-state index contributed by atoms with van der Waals surface area (Å²) in [5.41, 5.74) is 1.41. The van der Waals surface area contributed by atoms with E-state index in [9.17, 15) is 18.0 Å². The summed E-state index contributed by atoms with van der Waals surface area (Å²) in [7, 11) is 0. The summed E-state index contributed by atoms with van der Waals surface area (Å²) >= 11 is 12.3. The zero-order valence-electron chi connectivity index (χ0n) is 20.3. The summed E-state index contributed by atoms with van der Waals surface area (Å²) in [4.78, 5) is 18.6. The number of halogens is 5. The third-order valence-corrected chi connectivity index (χ3v) is 8.34. The van der Waals surface area contributed by atoms with Crippen LogP contribution < -0.4 is 14.8 Å². The number of amides is 1. The van der Waals surface area contributed by atoms with Gasteiger partial charge in [-0.2, -0.15) is 23.3 Å². The van der Waals surface area contributed by atoms with Gasteiger partial charge in [-0.3, -0.25) is 4.79 Å². The van der Waals surface area contributed by atoms with Crippen LogP contribution in [0.3, 0.4) is 0 Å². The molecule has 0 N–H and O–H groups in total. The highest BCUT2D eigenvalue weighted by atomic mass is 35.5. The molecule has 6 rings (SSSR count). The lowest BCUT2D eigenvalue weighted by molar-refractivity contribution is -0.137. The predicted octanol–water partition coefficient (Wildman–Crippen LogP) is 6.67. The summed E-state index contributed by atoms with van der Waals surface area (Å²) in [5.74, 6) is -0.261. The Morgan fingerprint density at radius 2 is 1.71 bits per heavy atom. The molecule has 2 atom stereocenters. The van der Waals surface area contributed by atoms with E-state index in [1.165, 1.54) is 17.1 Å². The molecule has 1 fully saturated rings. The van der Waals surface area contributed by atoms with Crippen molar-refractivity contribution >= 4 is 51.9 Å². The van der Waals surface area contributed by atoms with Crippen LogP contribution in [0.4, 0.5) is 30.2 Å². The maximum atomic E-state index is 14.3. The molecule has 0 aliphatic carbocycles.